The molecular formula is C19H12ClN5O2S. The number of fused-ring (bicyclic) bond motifs is 1. The number of nitrogens with one attached hydrogen (secondary N) is 1. The predicted octanol–water partition coefficient (Wildman–Crippen LogP) is 5.21. The van der Waals surface area contributed by atoms with E-state index in [-0.39, 0.29) is 0 Å². The highest BCUT2D eigenvalue weighted by atomic mass is 35.5. The Balaban J connectivity index is 1.30. The van der Waals surface area contributed by atoms with Crippen molar-refractivity contribution in [2.75, 3.05) is 0 Å². The van der Waals surface area contributed by atoms with E-state index in [1.54, 1.807) is 12.1 Å². The van der Waals surface area contributed by atoms with Gasteiger partial charge in [0.15, 0.2) is 0 Å². The number of aromatic nitrogens is 5. The lowest BCUT2D eigenvalue weighted by Gasteiger charge is -1.93. The van der Waals surface area contributed by atoms with Crippen LogP contribution in [0.2, 0.25) is 5.02 Å². The van der Waals surface area contributed by atoms with Gasteiger partial charge in [0.25, 0.3) is 11.1 Å². The standard InChI is InChI=1S/C19H12ClN5O2S/c20-12-7-5-11(6-8-12)17-22-16(27-25-17)10-28-19-24-23-18(26-19)14-9-21-15-4-2-1-3-13(14)15/h1-9,21H,10H2. The van der Waals surface area contributed by atoms with Gasteiger partial charge in [0.1, 0.15) is 0 Å². The number of benzene rings is 2. The van der Waals surface area contributed by atoms with Crippen LogP contribution in [0.25, 0.3) is 33.7 Å². The number of nitrogens with zero attached hydrogens (tertiary/aromatic N) is 4. The second-order valence-electron chi connectivity index (χ2n) is 5.93. The van der Waals surface area contributed by atoms with Gasteiger partial charge in [0, 0.05) is 27.7 Å². The summed E-state index contributed by atoms with van der Waals surface area (Å²) in [6.45, 7) is 0. The molecule has 5 rings (SSSR count). The zero-order chi connectivity index (χ0) is 18.9. The minimum absolute atomic E-state index is 0.427. The van der Waals surface area contributed by atoms with E-state index in [0.29, 0.717) is 33.6 Å². The van der Waals surface area contributed by atoms with Crippen LogP contribution in [-0.2, 0) is 5.75 Å². The zero-order valence-corrected chi connectivity index (χ0v) is 15.9. The van der Waals surface area contributed by atoms with Crippen molar-refractivity contribution in [3.05, 3.63) is 65.6 Å². The lowest BCUT2D eigenvalue weighted by atomic mass is 10.2. The number of thioether (sulfide) groups is 1. The Morgan fingerprint density at radius 1 is 1.04 bits per heavy atom. The fraction of sp³-hybridized carbons (Fsp3) is 0.0526. The van der Waals surface area contributed by atoms with Gasteiger partial charge in [-0.15, -0.1) is 10.2 Å². The largest absolute Gasteiger partial charge is 0.411 e. The first-order valence-corrected chi connectivity index (χ1v) is 9.74. The molecule has 0 saturated carbocycles. The molecule has 0 aliphatic carbocycles. The van der Waals surface area contributed by atoms with Crippen LogP contribution in [0.5, 0.6) is 0 Å². The Morgan fingerprint density at radius 3 is 2.79 bits per heavy atom. The molecule has 9 heteroatoms. The molecule has 0 saturated heterocycles. The third kappa shape index (κ3) is 3.28. The molecule has 3 aromatic heterocycles. The summed E-state index contributed by atoms with van der Waals surface area (Å²) in [6, 6.07) is 15.2. The topological polar surface area (TPSA) is 93.6 Å². The second kappa shape index (κ2) is 7.14. The average Bonchev–Trinajstić information content (AvgIpc) is 3.46. The Morgan fingerprint density at radius 2 is 1.89 bits per heavy atom. The lowest BCUT2D eigenvalue weighted by Crippen LogP contribution is -1.83. The molecule has 0 spiro atoms. The van der Waals surface area contributed by atoms with Crippen LogP contribution in [0.4, 0.5) is 0 Å². The summed E-state index contributed by atoms with van der Waals surface area (Å²) in [7, 11) is 0. The van der Waals surface area contributed by atoms with Crippen molar-refractivity contribution in [2.45, 2.75) is 11.0 Å². The van der Waals surface area contributed by atoms with Gasteiger partial charge >= 0.3 is 0 Å². The maximum Gasteiger partial charge on any atom is 0.277 e. The van der Waals surface area contributed by atoms with Crippen LogP contribution in [0, 0.1) is 0 Å². The van der Waals surface area contributed by atoms with Crippen molar-refractivity contribution < 1.29 is 8.94 Å². The Kier molecular flexibility index (Phi) is 4.34. The third-order valence-electron chi connectivity index (χ3n) is 4.12. The summed E-state index contributed by atoms with van der Waals surface area (Å²) in [5.74, 6) is 1.88. The summed E-state index contributed by atoms with van der Waals surface area (Å²) in [5, 5.41) is 14.4. The Labute approximate surface area is 168 Å². The average molecular weight is 410 g/mol. The van der Waals surface area contributed by atoms with Crippen LogP contribution in [0.3, 0.4) is 0 Å². The minimum Gasteiger partial charge on any atom is -0.411 e. The summed E-state index contributed by atoms with van der Waals surface area (Å²) in [5.41, 5.74) is 2.73. The number of para-hydroxylation sites is 1. The molecule has 0 radical (unpaired) electrons. The van der Waals surface area contributed by atoms with Crippen molar-refractivity contribution in [1.82, 2.24) is 25.3 Å². The highest BCUT2D eigenvalue weighted by molar-refractivity contribution is 7.98. The molecule has 0 aliphatic rings. The monoisotopic (exact) mass is 409 g/mol. The molecule has 3 heterocycles. The van der Waals surface area contributed by atoms with E-state index in [9.17, 15) is 0 Å². The predicted molar refractivity (Wildman–Crippen MR) is 106 cm³/mol. The van der Waals surface area contributed by atoms with Crippen molar-refractivity contribution in [3.63, 3.8) is 0 Å². The third-order valence-corrected chi connectivity index (χ3v) is 5.17. The fourth-order valence-corrected chi connectivity index (χ4v) is 3.51. The molecule has 0 amide bonds. The number of halogens is 1. The molecule has 0 bridgehead atoms. The first kappa shape index (κ1) is 17.0. The lowest BCUT2D eigenvalue weighted by molar-refractivity contribution is 0.391. The van der Waals surface area contributed by atoms with E-state index in [1.807, 2.05) is 42.6 Å². The molecule has 5 aromatic rings. The first-order valence-electron chi connectivity index (χ1n) is 8.37. The first-order chi connectivity index (χ1) is 13.8. The number of H-pyrrole nitrogens is 1. The van der Waals surface area contributed by atoms with E-state index in [4.69, 9.17) is 20.5 Å². The SMILES string of the molecule is Clc1ccc(-c2noc(CSc3nnc(-c4c[nH]c5ccccc45)o3)n2)cc1. The summed E-state index contributed by atoms with van der Waals surface area (Å²) in [6.07, 6.45) is 1.86. The van der Waals surface area contributed by atoms with Gasteiger partial charge in [0.05, 0.1) is 11.3 Å². The van der Waals surface area contributed by atoms with Crippen molar-refractivity contribution in [1.29, 1.82) is 0 Å². The zero-order valence-electron chi connectivity index (χ0n) is 14.3. The molecular weight excluding hydrogens is 398 g/mol. The van der Waals surface area contributed by atoms with Crippen LogP contribution in [0.15, 0.2) is 68.9 Å². The van der Waals surface area contributed by atoms with Gasteiger partial charge in [-0.05, 0) is 30.3 Å². The van der Waals surface area contributed by atoms with Gasteiger partial charge < -0.3 is 13.9 Å². The van der Waals surface area contributed by atoms with Gasteiger partial charge in [0.2, 0.25) is 11.7 Å². The van der Waals surface area contributed by atoms with Crippen molar-refractivity contribution >= 4 is 34.3 Å². The molecule has 28 heavy (non-hydrogen) atoms. The minimum atomic E-state index is 0.427. The molecule has 7 nitrogen and oxygen atoms in total. The Bertz CT molecular complexity index is 1240. The van der Waals surface area contributed by atoms with Crippen LogP contribution in [0.1, 0.15) is 5.89 Å². The maximum absolute atomic E-state index is 5.90. The maximum atomic E-state index is 5.90. The fourth-order valence-electron chi connectivity index (χ4n) is 2.78. The quantitative estimate of drug-likeness (QED) is 0.398. The molecule has 2 aromatic carbocycles. The van der Waals surface area contributed by atoms with Gasteiger partial charge in [-0.1, -0.05) is 46.7 Å². The van der Waals surface area contributed by atoms with E-state index in [0.717, 1.165) is 22.0 Å². The Hall–Kier alpha value is -3.10. The van der Waals surface area contributed by atoms with Gasteiger partial charge in [-0.25, -0.2) is 0 Å². The van der Waals surface area contributed by atoms with E-state index in [1.165, 1.54) is 11.8 Å². The van der Waals surface area contributed by atoms with E-state index >= 15 is 0 Å². The molecule has 138 valence electrons. The number of rotatable bonds is 5. The highest BCUT2D eigenvalue weighted by Gasteiger charge is 2.15. The summed E-state index contributed by atoms with van der Waals surface area (Å²) < 4.78 is 11.1. The number of hydrogen-bond acceptors (Lipinski definition) is 7. The molecule has 0 fully saturated rings. The molecule has 1 N–H and O–H groups in total. The molecule has 0 unspecified atom stereocenters. The second-order valence-corrected chi connectivity index (χ2v) is 7.29. The van der Waals surface area contributed by atoms with Crippen molar-refractivity contribution in [3.8, 4) is 22.8 Å². The highest BCUT2D eigenvalue weighted by Crippen LogP contribution is 2.30. The molecule has 0 aliphatic heterocycles. The van der Waals surface area contributed by atoms with Crippen molar-refractivity contribution in [2.24, 2.45) is 0 Å². The smallest absolute Gasteiger partial charge is 0.277 e. The number of hydrogen-bond donors (Lipinski definition) is 1. The van der Waals surface area contributed by atoms with Crippen LogP contribution < -0.4 is 0 Å². The van der Waals surface area contributed by atoms with E-state index < -0.39 is 0 Å². The normalized spacial score (nSPS) is 11.3. The summed E-state index contributed by atoms with van der Waals surface area (Å²) >= 11 is 7.24. The van der Waals surface area contributed by atoms with Crippen LogP contribution >= 0.6 is 23.4 Å². The molecule has 0 atom stereocenters. The van der Waals surface area contributed by atoms with Gasteiger partial charge in [-0.2, -0.15) is 4.98 Å². The summed E-state index contributed by atoms with van der Waals surface area (Å²) in [4.78, 5) is 7.59. The van der Waals surface area contributed by atoms with Gasteiger partial charge in [-0.3, -0.25) is 0 Å². The number of aromatic amines is 1. The van der Waals surface area contributed by atoms with E-state index in [2.05, 4.69) is 25.3 Å². The van der Waals surface area contributed by atoms with Crippen LogP contribution in [-0.4, -0.2) is 25.3 Å².